The third-order valence-corrected chi connectivity index (χ3v) is 6.74. The lowest BCUT2D eigenvalue weighted by Gasteiger charge is -2.23. The predicted molar refractivity (Wildman–Crippen MR) is 155 cm³/mol. The normalized spacial score (nSPS) is 10.8. The van der Waals surface area contributed by atoms with Crippen LogP contribution < -0.4 is 5.32 Å². The Hall–Kier alpha value is -5.04. The van der Waals surface area contributed by atoms with E-state index in [4.69, 9.17) is 4.98 Å². The molecule has 1 heterocycles. The van der Waals surface area contributed by atoms with Crippen LogP contribution in [0.25, 0.3) is 16.9 Å². The quantitative estimate of drug-likeness (QED) is 0.246. The number of carbonyl (C=O) groups is 2. The fourth-order valence-corrected chi connectivity index (χ4v) is 4.43. The van der Waals surface area contributed by atoms with Gasteiger partial charge < -0.3 is 4.90 Å². The van der Waals surface area contributed by atoms with Gasteiger partial charge in [-0.3, -0.25) is 19.5 Å². The van der Waals surface area contributed by atoms with Crippen LogP contribution in [-0.2, 0) is 11.3 Å². The van der Waals surface area contributed by atoms with Crippen molar-refractivity contribution in [3.63, 3.8) is 0 Å². The van der Waals surface area contributed by atoms with Crippen LogP contribution in [-0.4, -0.2) is 32.8 Å². The molecule has 0 aliphatic rings. The molecule has 5 aromatic rings. The van der Waals surface area contributed by atoms with Gasteiger partial charge in [0.1, 0.15) is 12.4 Å². The molecule has 7 heteroatoms. The van der Waals surface area contributed by atoms with Crippen LogP contribution in [0.1, 0.15) is 27.0 Å². The summed E-state index contributed by atoms with van der Waals surface area (Å²) in [5.41, 5.74) is 5.43. The summed E-state index contributed by atoms with van der Waals surface area (Å²) in [6, 6.07) is 30.8. The van der Waals surface area contributed by atoms with Gasteiger partial charge in [0, 0.05) is 24.0 Å². The van der Waals surface area contributed by atoms with Crippen LogP contribution in [0.15, 0.2) is 109 Å². The number of nitrogens with zero attached hydrogens (tertiary/aromatic N) is 3. The highest BCUT2D eigenvalue weighted by Gasteiger charge is 2.23. The van der Waals surface area contributed by atoms with Crippen molar-refractivity contribution in [1.82, 2.24) is 14.5 Å². The molecule has 0 atom stereocenters. The van der Waals surface area contributed by atoms with Crippen LogP contribution in [0.4, 0.5) is 10.3 Å². The molecule has 0 spiro atoms. The number of hydrogen-bond acceptors (Lipinski definition) is 3. The molecule has 6 nitrogen and oxygen atoms in total. The molecule has 0 fully saturated rings. The number of imidazole rings is 1. The summed E-state index contributed by atoms with van der Waals surface area (Å²) in [6.07, 6.45) is 1.88. The van der Waals surface area contributed by atoms with Gasteiger partial charge in [-0.05, 0) is 54.8 Å². The Kier molecular flexibility index (Phi) is 7.82. The van der Waals surface area contributed by atoms with Crippen molar-refractivity contribution >= 4 is 17.8 Å². The zero-order chi connectivity index (χ0) is 28.1. The zero-order valence-corrected chi connectivity index (χ0v) is 22.3. The number of carbonyl (C=O) groups excluding carboxylic acids is 2. The van der Waals surface area contributed by atoms with Crippen molar-refractivity contribution in [1.29, 1.82) is 0 Å². The molecule has 0 saturated heterocycles. The van der Waals surface area contributed by atoms with Crippen molar-refractivity contribution in [2.24, 2.45) is 0 Å². The summed E-state index contributed by atoms with van der Waals surface area (Å²) < 4.78 is 16.4. The van der Waals surface area contributed by atoms with Gasteiger partial charge in [0.15, 0.2) is 0 Å². The Morgan fingerprint density at radius 2 is 1.52 bits per heavy atom. The summed E-state index contributed by atoms with van der Waals surface area (Å²) >= 11 is 0. The maximum absolute atomic E-state index is 14.5. The van der Waals surface area contributed by atoms with Crippen molar-refractivity contribution in [2.75, 3.05) is 11.9 Å². The standard InChI is InChI=1S/C33H29FN4O2/c1-23-17-18-27(19-24(23)2)38-21-30(26-13-7-4-8-14-26)35-33(38)36-31(39)22-37(20-25-11-5-3-6-12-25)32(40)28-15-9-10-16-29(28)34/h3-19,21H,20,22H2,1-2H3,(H,35,36,39). The molecular weight excluding hydrogens is 503 g/mol. The van der Waals surface area contributed by atoms with E-state index >= 15 is 0 Å². The van der Waals surface area contributed by atoms with Crippen molar-refractivity contribution < 1.29 is 14.0 Å². The summed E-state index contributed by atoms with van der Waals surface area (Å²) in [5.74, 6) is -1.33. The van der Waals surface area contributed by atoms with Gasteiger partial charge in [-0.15, -0.1) is 0 Å². The third-order valence-electron chi connectivity index (χ3n) is 6.74. The Balaban J connectivity index is 1.46. The maximum atomic E-state index is 14.5. The van der Waals surface area contributed by atoms with Gasteiger partial charge in [0.05, 0.1) is 11.3 Å². The Morgan fingerprint density at radius 3 is 2.23 bits per heavy atom. The first-order chi connectivity index (χ1) is 19.4. The summed E-state index contributed by atoms with van der Waals surface area (Å²) in [5, 5.41) is 2.90. The van der Waals surface area contributed by atoms with E-state index in [1.54, 1.807) is 6.07 Å². The van der Waals surface area contributed by atoms with E-state index < -0.39 is 17.6 Å². The van der Waals surface area contributed by atoms with E-state index in [0.717, 1.165) is 27.9 Å². The van der Waals surface area contributed by atoms with Crippen LogP contribution >= 0.6 is 0 Å². The molecule has 200 valence electrons. The second kappa shape index (κ2) is 11.8. The number of amides is 2. The number of aromatic nitrogens is 2. The lowest BCUT2D eigenvalue weighted by atomic mass is 10.1. The van der Waals surface area contributed by atoms with Gasteiger partial charge >= 0.3 is 0 Å². The molecule has 0 aliphatic carbocycles. The van der Waals surface area contributed by atoms with Crippen LogP contribution in [0, 0.1) is 19.7 Å². The van der Waals surface area contributed by atoms with Crippen molar-refractivity contribution in [3.05, 3.63) is 137 Å². The first-order valence-corrected chi connectivity index (χ1v) is 13.0. The number of halogens is 1. The van der Waals surface area contributed by atoms with Gasteiger partial charge in [-0.25, -0.2) is 9.37 Å². The fraction of sp³-hybridized carbons (Fsp3) is 0.121. The summed E-state index contributed by atoms with van der Waals surface area (Å²) in [6.45, 7) is 3.92. The molecule has 4 aromatic carbocycles. The predicted octanol–water partition coefficient (Wildman–Crippen LogP) is 6.58. The topological polar surface area (TPSA) is 67.2 Å². The van der Waals surface area contributed by atoms with Crippen LogP contribution in [0.2, 0.25) is 0 Å². The molecule has 2 amide bonds. The van der Waals surface area contributed by atoms with E-state index in [-0.39, 0.29) is 18.7 Å². The number of aryl methyl sites for hydroxylation is 2. The molecule has 0 aliphatic heterocycles. The van der Waals surface area contributed by atoms with Crippen LogP contribution in [0.3, 0.4) is 0 Å². The van der Waals surface area contributed by atoms with E-state index in [9.17, 15) is 14.0 Å². The molecule has 40 heavy (non-hydrogen) atoms. The largest absolute Gasteiger partial charge is 0.325 e. The second-order valence-electron chi connectivity index (χ2n) is 9.63. The maximum Gasteiger partial charge on any atom is 0.257 e. The number of nitrogens with one attached hydrogen (secondary N) is 1. The van der Waals surface area contributed by atoms with Gasteiger partial charge in [0.25, 0.3) is 5.91 Å². The zero-order valence-electron chi connectivity index (χ0n) is 22.3. The lowest BCUT2D eigenvalue weighted by molar-refractivity contribution is -0.117. The highest BCUT2D eigenvalue weighted by atomic mass is 19.1. The number of hydrogen-bond donors (Lipinski definition) is 1. The third kappa shape index (κ3) is 5.99. The Bertz CT molecular complexity index is 1650. The van der Waals surface area contributed by atoms with E-state index in [1.807, 2.05) is 103 Å². The summed E-state index contributed by atoms with van der Waals surface area (Å²) in [4.78, 5) is 32.9. The molecule has 0 radical (unpaired) electrons. The van der Waals surface area contributed by atoms with E-state index in [2.05, 4.69) is 5.32 Å². The SMILES string of the molecule is Cc1ccc(-n2cc(-c3ccccc3)nc2NC(=O)CN(Cc2ccccc2)C(=O)c2ccccc2F)cc1C. The highest BCUT2D eigenvalue weighted by Crippen LogP contribution is 2.25. The smallest absolute Gasteiger partial charge is 0.257 e. The lowest BCUT2D eigenvalue weighted by Crippen LogP contribution is -2.38. The summed E-state index contributed by atoms with van der Waals surface area (Å²) in [7, 11) is 0. The molecular formula is C33H29FN4O2. The Morgan fingerprint density at radius 1 is 0.850 bits per heavy atom. The Labute approximate surface area is 232 Å². The molecule has 0 bridgehead atoms. The minimum absolute atomic E-state index is 0.0887. The molecule has 5 rings (SSSR count). The molecule has 0 saturated carbocycles. The van der Waals surface area contributed by atoms with E-state index in [0.29, 0.717) is 11.6 Å². The highest BCUT2D eigenvalue weighted by molar-refractivity contribution is 5.99. The average molecular weight is 533 g/mol. The number of rotatable bonds is 8. The molecule has 0 unspecified atom stereocenters. The van der Waals surface area contributed by atoms with Gasteiger partial charge in [0.2, 0.25) is 11.9 Å². The minimum atomic E-state index is -0.635. The van der Waals surface area contributed by atoms with Crippen LogP contribution in [0.5, 0.6) is 0 Å². The molecule has 1 aromatic heterocycles. The van der Waals surface area contributed by atoms with Crippen molar-refractivity contribution in [2.45, 2.75) is 20.4 Å². The fourth-order valence-electron chi connectivity index (χ4n) is 4.43. The van der Waals surface area contributed by atoms with Crippen molar-refractivity contribution in [3.8, 4) is 16.9 Å². The first kappa shape index (κ1) is 26.6. The average Bonchev–Trinajstić information content (AvgIpc) is 3.38. The second-order valence-corrected chi connectivity index (χ2v) is 9.63. The molecule has 1 N–H and O–H groups in total. The van der Waals surface area contributed by atoms with Gasteiger partial charge in [-0.1, -0.05) is 78.9 Å². The monoisotopic (exact) mass is 532 g/mol. The van der Waals surface area contributed by atoms with Gasteiger partial charge in [-0.2, -0.15) is 0 Å². The first-order valence-electron chi connectivity index (χ1n) is 13.0. The number of benzene rings is 4. The van der Waals surface area contributed by atoms with E-state index in [1.165, 1.54) is 23.1 Å². The number of anilines is 1. The minimum Gasteiger partial charge on any atom is -0.325 e.